The Kier molecular flexibility index (Phi) is 5.15. The maximum Gasteiger partial charge on any atom is 0.238 e. The highest BCUT2D eigenvalue weighted by molar-refractivity contribution is 7.91. The fourth-order valence-corrected chi connectivity index (χ4v) is 4.97. The molecule has 0 aliphatic carbocycles. The monoisotopic (exact) mass is 376 g/mol. The largest absolute Gasteiger partial charge is 0.323 e. The fourth-order valence-electron chi connectivity index (χ4n) is 3.16. The molecule has 8 heteroatoms. The number of carbonyl (C=O) groups is 1. The number of hydrogen-bond acceptors (Lipinski definition) is 5. The number of anilines is 1. The summed E-state index contributed by atoms with van der Waals surface area (Å²) in [5.74, 6) is 0.149. The van der Waals surface area contributed by atoms with E-state index in [1.165, 1.54) is 0 Å². The van der Waals surface area contributed by atoms with Crippen LogP contribution in [0.1, 0.15) is 17.5 Å². The lowest BCUT2D eigenvalue weighted by Gasteiger charge is -2.22. The first-order chi connectivity index (χ1) is 12.2. The van der Waals surface area contributed by atoms with Gasteiger partial charge in [-0.15, -0.1) is 0 Å². The Morgan fingerprint density at radius 1 is 1.35 bits per heavy atom. The Morgan fingerprint density at radius 2 is 2.12 bits per heavy atom. The van der Waals surface area contributed by atoms with Gasteiger partial charge in [0.05, 0.1) is 35.6 Å². The molecule has 0 unspecified atom stereocenters. The van der Waals surface area contributed by atoms with Gasteiger partial charge in [0.2, 0.25) is 5.91 Å². The van der Waals surface area contributed by atoms with Crippen molar-refractivity contribution in [3.8, 4) is 5.69 Å². The summed E-state index contributed by atoms with van der Waals surface area (Å²) in [5, 5.41) is 7.26. The van der Waals surface area contributed by atoms with Crippen LogP contribution in [0, 0.1) is 13.8 Å². The van der Waals surface area contributed by atoms with Crippen molar-refractivity contribution >= 4 is 21.4 Å². The van der Waals surface area contributed by atoms with Gasteiger partial charge >= 0.3 is 0 Å². The van der Waals surface area contributed by atoms with Crippen LogP contribution < -0.4 is 5.32 Å². The molecule has 1 amide bonds. The van der Waals surface area contributed by atoms with Crippen LogP contribution in [0.5, 0.6) is 0 Å². The van der Waals surface area contributed by atoms with Crippen molar-refractivity contribution in [3.05, 3.63) is 41.7 Å². The summed E-state index contributed by atoms with van der Waals surface area (Å²) in [4.78, 5) is 14.3. The molecule has 2 aromatic rings. The number of aromatic nitrogens is 2. The maximum absolute atomic E-state index is 12.5. The van der Waals surface area contributed by atoms with Crippen molar-refractivity contribution in [2.75, 3.05) is 30.4 Å². The zero-order valence-corrected chi connectivity index (χ0v) is 16.1. The van der Waals surface area contributed by atoms with E-state index in [4.69, 9.17) is 0 Å². The van der Waals surface area contributed by atoms with Crippen molar-refractivity contribution in [1.82, 2.24) is 14.7 Å². The summed E-state index contributed by atoms with van der Waals surface area (Å²) < 4.78 is 25.0. The average Bonchev–Trinajstić information content (AvgIpc) is 3.13. The smallest absolute Gasteiger partial charge is 0.238 e. The van der Waals surface area contributed by atoms with Crippen LogP contribution in [0.3, 0.4) is 0 Å². The molecular weight excluding hydrogens is 352 g/mol. The maximum atomic E-state index is 12.5. The Bertz CT molecular complexity index is 920. The molecule has 3 rings (SSSR count). The summed E-state index contributed by atoms with van der Waals surface area (Å²) in [6.07, 6.45) is 4.24. The molecule has 1 N–H and O–H groups in total. The Labute approximate surface area is 153 Å². The molecule has 0 radical (unpaired) electrons. The van der Waals surface area contributed by atoms with E-state index in [0.29, 0.717) is 12.1 Å². The van der Waals surface area contributed by atoms with E-state index < -0.39 is 9.84 Å². The van der Waals surface area contributed by atoms with E-state index in [9.17, 15) is 13.2 Å². The van der Waals surface area contributed by atoms with Crippen LogP contribution in [0.2, 0.25) is 0 Å². The van der Waals surface area contributed by atoms with Gasteiger partial charge in [0.1, 0.15) is 0 Å². The van der Waals surface area contributed by atoms with Gasteiger partial charge in [-0.25, -0.2) is 13.1 Å². The molecule has 140 valence electrons. The van der Waals surface area contributed by atoms with Gasteiger partial charge in [-0.1, -0.05) is 6.07 Å². The lowest BCUT2D eigenvalue weighted by molar-refractivity contribution is -0.117. The molecule has 2 heterocycles. The van der Waals surface area contributed by atoms with Crippen molar-refractivity contribution in [1.29, 1.82) is 0 Å². The molecule has 1 aliphatic rings. The number of likely N-dealkylation sites (N-methyl/N-ethyl adjacent to an activating group) is 1. The van der Waals surface area contributed by atoms with E-state index in [1.54, 1.807) is 17.9 Å². The van der Waals surface area contributed by atoms with Gasteiger partial charge in [0.15, 0.2) is 9.84 Å². The minimum atomic E-state index is -2.97. The van der Waals surface area contributed by atoms with Crippen molar-refractivity contribution < 1.29 is 13.2 Å². The summed E-state index contributed by atoms with van der Waals surface area (Å²) in [5.41, 5.74) is 3.54. The van der Waals surface area contributed by atoms with E-state index in [-0.39, 0.29) is 30.0 Å². The van der Waals surface area contributed by atoms with Gasteiger partial charge in [0.25, 0.3) is 0 Å². The minimum absolute atomic E-state index is 0.100. The number of nitrogens with zero attached hydrogens (tertiary/aromatic N) is 3. The zero-order valence-electron chi connectivity index (χ0n) is 15.3. The van der Waals surface area contributed by atoms with Crippen LogP contribution >= 0.6 is 0 Å². The van der Waals surface area contributed by atoms with Crippen LogP contribution in [-0.4, -0.2) is 60.1 Å². The number of amides is 1. The van der Waals surface area contributed by atoms with Gasteiger partial charge < -0.3 is 5.32 Å². The predicted octanol–water partition coefficient (Wildman–Crippen LogP) is 1.55. The van der Waals surface area contributed by atoms with E-state index >= 15 is 0 Å². The lowest BCUT2D eigenvalue weighted by atomic mass is 10.2. The number of rotatable bonds is 5. The first-order valence-electron chi connectivity index (χ1n) is 8.56. The topological polar surface area (TPSA) is 84.3 Å². The van der Waals surface area contributed by atoms with Crippen molar-refractivity contribution in [2.45, 2.75) is 26.3 Å². The summed E-state index contributed by atoms with van der Waals surface area (Å²) in [7, 11) is -1.18. The van der Waals surface area contributed by atoms with Crippen LogP contribution in [0.25, 0.3) is 5.69 Å². The summed E-state index contributed by atoms with van der Waals surface area (Å²) in [6, 6.07) is 5.70. The molecule has 7 nitrogen and oxygen atoms in total. The molecule has 0 spiro atoms. The predicted molar refractivity (Wildman–Crippen MR) is 101 cm³/mol. The van der Waals surface area contributed by atoms with Crippen molar-refractivity contribution in [3.63, 3.8) is 0 Å². The first kappa shape index (κ1) is 18.6. The highest BCUT2D eigenvalue weighted by Gasteiger charge is 2.31. The third-order valence-corrected chi connectivity index (χ3v) is 6.36. The molecule has 1 atom stereocenters. The molecule has 1 aliphatic heterocycles. The van der Waals surface area contributed by atoms with Gasteiger partial charge in [0, 0.05) is 12.2 Å². The molecule has 1 aromatic carbocycles. The highest BCUT2D eigenvalue weighted by Crippen LogP contribution is 2.22. The minimum Gasteiger partial charge on any atom is -0.323 e. The lowest BCUT2D eigenvalue weighted by Crippen LogP contribution is -2.38. The standard InChI is InChI=1S/C18H24N4O3S/c1-13-4-5-17(22-10-14(2)9-19-22)16(8-13)20-18(23)11-21(3)15-6-7-26(24,25)12-15/h4-5,8-10,15H,6-7,11-12H2,1-3H3,(H,20,23)/t15-/m1/s1. The van der Waals surface area contributed by atoms with E-state index in [0.717, 1.165) is 16.8 Å². The second-order valence-corrected chi connectivity index (χ2v) is 9.23. The van der Waals surface area contributed by atoms with E-state index in [1.807, 2.05) is 43.1 Å². The summed E-state index contributed by atoms with van der Waals surface area (Å²) in [6.45, 7) is 4.07. The van der Waals surface area contributed by atoms with Gasteiger partial charge in [-0.05, 0) is 50.6 Å². The molecule has 1 aromatic heterocycles. The van der Waals surface area contributed by atoms with Crippen molar-refractivity contribution in [2.24, 2.45) is 0 Å². The number of aryl methyl sites for hydroxylation is 2. The third kappa shape index (κ3) is 4.31. The quantitative estimate of drug-likeness (QED) is 0.856. The zero-order chi connectivity index (χ0) is 18.9. The van der Waals surface area contributed by atoms with Gasteiger partial charge in [-0.2, -0.15) is 5.10 Å². The molecule has 0 bridgehead atoms. The molecule has 0 saturated carbocycles. The van der Waals surface area contributed by atoms with E-state index in [2.05, 4.69) is 10.4 Å². The normalized spacial score (nSPS) is 19.0. The Hall–Kier alpha value is -2.19. The molecular formula is C18H24N4O3S. The third-order valence-electron chi connectivity index (χ3n) is 4.61. The highest BCUT2D eigenvalue weighted by atomic mass is 32.2. The van der Waals surface area contributed by atoms with Gasteiger partial charge in [-0.3, -0.25) is 9.69 Å². The molecule has 1 fully saturated rings. The molecule has 26 heavy (non-hydrogen) atoms. The second kappa shape index (κ2) is 7.20. The number of nitrogens with one attached hydrogen (secondary N) is 1. The van der Waals surface area contributed by atoms with Crippen LogP contribution in [0.15, 0.2) is 30.6 Å². The summed E-state index contributed by atoms with van der Waals surface area (Å²) >= 11 is 0. The second-order valence-electron chi connectivity index (χ2n) is 7.00. The SMILES string of the molecule is Cc1ccc(-n2cc(C)cn2)c(NC(=O)CN(C)[C@@H]2CCS(=O)(=O)C2)c1. The Balaban J connectivity index is 1.72. The average molecular weight is 376 g/mol. The molecule has 1 saturated heterocycles. The van der Waals surface area contributed by atoms with Crippen LogP contribution in [0.4, 0.5) is 5.69 Å². The number of benzene rings is 1. The van der Waals surface area contributed by atoms with Crippen LogP contribution in [-0.2, 0) is 14.6 Å². The number of carbonyl (C=O) groups excluding carboxylic acids is 1. The number of hydrogen-bond donors (Lipinski definition) is 1. The fraction of sp³-hybridized carbons (Fsp3) is 0.444. The first-order valence-corrected chi connectivity index (χ1v) is 10.4. The Morgan fingerprint density at radius 3 is 2.73 bits per heavy atom. The number of sulfone groups is 1.